The van der Waals surface area contributed by atoms with Gasteiger partial charge in [-0.25, -0.2) is 0 Å². The lowest BCUT2D eigenvalue weighted by Crippen LogP contribution is -1.90. The maximum absolute atomic E-state index is 4.08. The maximum atomic E-state index is 4.08. The first kappa shape index (κ1) is 10.7. The fourth-order valence-electron chi connectivity index (χ4n) is 2.21. The molecule has 0 fully saturated rings. The summed E-state index contributed by atoms with van der Waals surface area (Å²) in [4.78, 5) is 0. The third-order valence-corrected chi connectivity index (χ3v) is 2.93. The first-order chi connectivity index (χ1) is 7.65. The van der Waals surface area contributed by atoms with Crippen LogP contribution in [0.15, 0.2) is 43.5 Å². The van der Waals surface area contributed by atoms with Gasteiger partial charge in [0.1, 0.15) is 0 Å². The smallest absolute Gasteiger partial charge is 0.00737 e. The lowest BCUT2D eigenvalue weighted by Gasteiger charge is -2.12. The number of fused-ring (bicyclic) bond motifs is 1. The van der Waals surface area contributed by atoms with Gasteiger partial charge in [-0.3, -0.25) is 0 Å². The standard InChI is InChI=1S/C16H16/c1-5-13-9-10-14-8-6-7-12(4)16(14)15(13)11(2)3/h5-10H,1-2H2,3-4H3. The van der Waals surface area contributed by atoms with Gasteiger partial charge in [-0.1, -0.05) is 49.6 Å². The molecule has 0 radical (unpaired) electrons. The largest absolute Gasteiger partial charge is 0.0984 e. The van der Waals surface area contributed by atoms with Gasteiger partial charge in [0.05, 0.1) is 0 Å². The molecule has 0 aromatic heterocycles. The molecule has 0 amide bonds. The Morgan fingerprint density at radius 2 is 1.94 bits per heavy atom. The molecule has 0 heterocycles. The fraction of sp³-hybridized carbons (Fsp3) is 0.125. The molecule has 0 aliphatic heterocycles. The quantitative estimate of drug-likeness (QED) is 0.663. The van der Waals surface area contributed by atoms with Crippen LogP contribution in [0.2, 0.25) is 0 Å². The van der Waals surface area contributed by atoms with Gasteiger partial charge in [0.25, 0.3) is 0 Å². The second kappa shape index (κ2) is 3.97. The van der Waals surface area contributed by atoms with Gasteiger partial charge in [0.2, 0.25) is 0 Å². The Morgan fingerprint density at radius 1 is 1.19 bits per heavy atom. The molecule has 0 bridgehead atoms. The third kappa shape index (κ3) is 1.57. The van der Waals surface area contributed by atoms with Crippen molar-refractivity contribution in [2.24, 2.45) is 0 Å². The minimum Gasteiger partial charge on any atom is -0.0984 e. The van der Waals surface area contributed by atoms with E-state index in [0.29, 0.717) is 0 Å². The van der Waals surface area contributed by atoms with E-state index in [-0.39, 0.29) is 0 Å². The summed E-state index contributed by atoms with van der Waals surface area (Å²) in [7, 11) is 0. The molecule has 0 aliphatic carbocycles. The topological polar surface area (TPSA) is 0 Å². The number of hydrogen-bond donors (Lipinski definition) is 0. The zero-order chi connectivity index (χ0) is 11.7. The molecule has 0 aliphatic rings. The molecular formula is C16H16. The average Bonchev–Trinajstić information content (AvgIpc) is 2.27. The van der Waals surface area contributed by atoms with Gasteiger partial charge in [0, 0.05) is 0 Å². The SMILES string of the molecule is C=Cc1ccc2cccc(C)c2c1C(=C)C. The molecule has 0 saturated heterocycles. The number of rotatable bonds is 2. The molecule has 2 aromatic carbocycles. The number of hydrogen-bond acceptors (Lipinski definition) is 0. The van der Waals surface area contributed by atoms with Crippen LogP contribution in [0.4, 0.5) is 0 Å². The first-order valence-electron chi connectivity index (χ1n) is 5.46. The van der Waals surface area contributed by atoms with E-state index in [9.17, 15) is 0 Å². The summed E-state index contributed by atoms with van der Waals surface area (Å²) < 4.78 is 0. The molecule has 0 atom stereocenters. The third-order valence-electron chi connectivity index (χ3n) is 2.93. The summed E-state index contributed by atoms with van der Waals surface area (Å²) in [5, 5.41) is 2.57. The van der Waals surface area contributed by atoms with E-state index in [4.69, 9.17) is 0 Å². The molecule has 0 spiro atoms. The van der Waals surface area contributed by atoms with Crippen molar-refractivity contribution in [2.75, 3.05) is 0 Å². The van der Waals surface area contributed by atoms with E-state index >= 15 is 0 Å². The Morgan fingerprint density at radius 3 is 2.56 bits per heavy atom. The van der Waals surface area contributed by atoms with Gasteiger partial charge in [-0.05, 0) is 46.9 Å². The van der Waals surface area contributed by atoms with Crippen molar-refractivity contribution in [1.82, 2.24) is 0 Å². The predicted octanol–water partition coefficient (Wildman–Crippen LogP) is 4.82. The highest BCUT2D eigenvalue weighted by molar-refractivity contribution is 5.98. The van der Waals surface area contributed by atoms with E-state index in [1.165, 1.54) is 21.9 Å². The summed E-state index contributed by atoms with van der Waals surface area (Å²) >= 11 is 0. The molecule has 0 unspecified atom stereocenters. The second-order valence-electron chi connectivity index (χ2n) is 4.19. The summed E-state index contributed by atoms with van der Waals surface area (Å²) in [6.45, 7) is 12.1. The second-order valence-corrected chi connectivity index (χ2v) is 4.19. The van der Waals surface area contributed by atoms with Crippen LogP contribution in [-0.2, 0) is 0 Å². The Labute approximate surface area is 96.9 Å². The minimum atomic E-state index is 1.09. The van der Waals surface area contributed by atoms with E-state index in [0.717, 1.165) is 11.1 Å². The Balaban J connectivity index is 2.98. The van der Waals surface area contributed by atoms with Crippen LogP contribution in [-0.4, -0.2) is 0 Å². The molecule has 80 valence electrons. The molecule has 2 rings (SSSR count). The molecule has 0 saturated carbocycles. The summed E-state index contributed by atoms with van der Waals surface area (Å²) in [6, 6.07) is 10.6. The molecule has 0 nitrogen and oxygen atoms in total. The van der Waals surface area contributed by atoms with E-state index in [1.807, 2.05) is 13.0 Å². The maximum Gasteiger partial charge on any atom is -0.00737 e. The zero-order valence-corrected chi connectivity index (χ0v) is 9.88. The van der Waals surface area contributed by atoms with Gasteiger partial charge in [-0.2, -0.15) is 0 Å². The van der Waals surface area contributed by atoms with Crippen LogP contribution in [0, 0.1) is 6.92 Å². The van der Waals surface area contributed by atoms with Crippen LogP contribution in [0.25, 0.3) is 22.4 Å². The van der Waals surface area contributed by atoms with Gasteiger partial charge in [0.15, 0.2) is 0 Å². The van der Waals surface area contributed by atoms with Crippen molar-refractivity contribution >= 4 is 22.4 Å². The highest BCUT2D eigenvalue weighted by Gasteiger charge is 2.07. The first-order valence-corrected chi connectivity index (χ1v) is 5.46. The fourth-order valence-corrected chi connectivity index (χ4v) is 2.21. The van der Waals surface area contributed by atoms with Crippen LogP contribution in [0.3, 0.4) is 0 Å². The van der Waals surface area contributed by atoms with Crippen molar-refractivity contribution in [1.29, 1.82) is 0 Å². The van der Waals surface area contributed by atoms with Gasteiger partial charge in [-0.15, -0.1) is 0 Å². The Hall–Kier alpha value is -1.82. The monoisotopic (exact) mass is 208 g/mol. The van der Waals surface area contributed by atoms with Crippen LogP contribution < -0.4 is 0 Å². The molecule has 2 aromatic rings. The lowest BCUT2D eigenvalue weighted by atomic mass is 9.92. The number of aryl methyl sites for hydroxylation is 1. The van der Waals surface area contributed by atoms with Crippen LogP contribution in [0.1, 0.15) is 23.6 Å². The highest BCUT2D eigenvalue weighted by Crippen LogP contribution is 2.30. The summed E-state index contributed by atoms with van der Waals surface area (Å²) in [6.07, 6.45) is 1.90. The number of benzene rings is 2. The van der Waals surface area contributed by atoms with Gasteiger partial charge < -0.3 is 0 Å². The molecule has 16 heavy (non-hydrogen) atoms. The van der Waals surface area contributed by atoms with Crippen molar-refractivity contribution in [2.45, 2.75) is 13.8 Å². The molecule has 0 N–H and O–H groups in total. The van der Waals surface area contributed by atoms with Gasteiger partial charge >= 0.3 is 0 Å². The highest BCUT2D eigenvalue weighted by atomic mass is 14.1. The molecule has 0 heteroatoms. The normalized spacial score (nSPS) is 10.4. The minimum absolute atomic E-state index is 1.09. The van der Waals surface area contributed by atoms with E-state index in [2.05, 4.69) is 50.4 Å². The van der Waals surface area contributed by atoms with Crippen molar-refractivity contribution < 1.29 is 0 Å². The summed E-state index contributed by atoms with van der Waals surface area (Å²) in [5.41, 5.74) is 4.77. The van der Waals surface area contributed by atoms with Crippen LogP contribution >= 0.6 is 0 Å². The Bertz CT molecular complexity index is 574. The Kier molecular flexibility index (Phi) is 2.66. The van der Waals surface area contributed by atoms with E-state index < -0.39 is 0 Å². The van der Waals surface area contributed by atoms with Crippen molar-refractivity contribution in [3.8, 4) is 0 Å². The zero-order valence-electron chi connectivity index (χ0n) is 9.88. The predicted molar refractivity (Wildman–Crippen MR) is 73.5 cm³/mol. The summed E-state index contributed by atoms with van der Waals surface area (Å²) in [5.74, 6) is 0. The van der Waals surface area contributed by atoms with E-state index in [1.54, 1.807) is 0 Å². The van der Waals surface area contributed by atoms with Crippen molar-refractivity contribution in [3.05, 3.63) is 60.2 Å². The van der Waals surface area contributed by atoms with Crippen molar-refractivity contribution in [3.63, 3.8) is 0 Å². The average molecular weight is 208 g/mol. The molecular weight excluding hydrogens is 192 g/mol. The number of allylic oxidation sites excluding steroid dienone is 1. The van der Waals surface area contributed by atoms with Crippen LogP contribution in [0.5, 0.6) is 0 Å². The lowest BCUT2D eigenvalue weighted by molar-refractivity contribution is 1.50.